The first-order valence-corrected chi connectivity index (χ1v) is 10.3. The maximum absolute atomic E-state index is 12.8. The van der Waals surface area contributed by atoms with E-state index in [1.807, 2.05) is 18.2 Å². The van der Waals surface area contributed by atoms with Crippen LogP contribution in [0.25, 0.3) is 11.3 Å². The fourth-order valence-corrected chi connectivity index (χ4v) is 3.79. The fourth-order valence-electron chi connectivity index (χ4n) is 3.79. The lowest BCUT2D eigenvalue weighted by atomic mass is 10.1. The molecule has 2 aliphatic rings. The molecule has 9 heteroatoms. The van der Waals surface area contributed by atoms with Crippen LogP contribution in [0.2, 0.25) is 0 Å². The first-order chi connectivity index (χ1) is 14.6. The van der Waals surface area contributed by atoms with E-state index in [-0.39, 0.29) is 30.4 Å². The first kappa shape index (κ1) is 20.2. The first-order valence-electron chi connectivity index (χ1n) is 10.3. The average Bonchev–Trinajstić information content (AvgIpc) is 2.98. The van der Waals surface area contributed by atoms with Crippen LogP contribution in [0, 0.1) is 0 Å². The highest BCUT2D eigenvalue weighted by atomic mass is 16.5. The number of pyridine rings is 1. The molecule has 4 heterocycles. The normalized spacial score (nSPS) is 20.1. The smallest absolute Gasteiger partial charge is 0.242 e. The van der Waals surface area contributed by atoms with Crippen molar-refractivity contribution in [3.05, 3.63) is 36.3 Å². The van der Waals surface area contributed by atoms with E-state index in [2.05, 4.69) is 15.0 Å². The number of aromatic nitrogens is 3. The number of rotatable bonds is 4. The monoisotopic (exact) mass is 410 g/mol. The van der Waals surface area contributed by atoms with Crippen molar-refractivity contribution in [1.29, 1.82) is 0 Å². The molecule has 2 aromatic rings. The summed E-state index contributed by atoms with van der Waals surface area (Å²) in [5.41, 5.74) is 7.77. The molecule has 2 N–H and O–H groups in total. The van der Waals surface area contributed by atoms with Gasteiger partial charge in [-0.25, -0.2) is 15.0 Å². The van der Waals surface area contributed by atoms with E-state index in [9.17, 15) is 9.59 Å². The van der Waals surface area contributed by atoms with Crippen LogP contribution in [0.4, 0.5) is 5.95 Å². The van der Waals surface area contributed by atoms with Crippen LogP contribution in [0.5, 0.6) is 0 Å². The number of ether oxygens (including phenoxy) is 1. The number of amides is 2. The van der Waals surface area contributed by atoms with E-state index in [1.165, 1.54) is 0 Å². The average molecular weight is 410 g/mol. The quantitative estimate of drug-likeness (QED) is 0.811. The second kappa shape index (κ2) is 9.17. The minimum Gasteiger partial charge on any atom is -0.368 e. The van der Waals surface area contributed by atoms with Gasteiger partial charge in [0.05, 0.1) is 31.1 Å². The summed E-state index contributed by atoms with van der Waals surface area (Å²) >= 11 is 0. The molecule has 158 valence electrons. The predicted octanol–water partition coefficient (Wildman–Crippen LogP) is 1.42. The van der Waals surface area contributed by atoms with Crippen molar-refractivity contribution in [3.63, 3.8) is 0 Å². The molecule has 2 aromatic heterocycles. The lowest BCUT2D eigenvalue weighted by molar-refractivity contribution is -0.145. The third kappa shape index (κ3) is 4.73. The van der Waals surface area contributed by atoms with Gasteiger partial charge in [0.1, 0.15) is 6.10 Å². The maximum atomic E-state index is 12.8. The number of carbonyl (C=O) groups excluding carboxylic acids is 2. The van der Waals surface area contributed by atoms with Crippen LogP contribution >= 0.6 is 0 Å². The van der Waals surface area contributed by atoms with Gasteiger partial charge in [-0.3, -0.25) is 9.59 Å². The van der Waals surface area contributed by atoms with Gasteiger partial charge < -0.3 is 20.3 Å². The van der Waals surface area contributed by atoms with Crippen LogP contribution in [0.1, 0.15) is 37.5 Å². The topological polar surface area (TPSA) is 115 Å². The van der Waals surface area contributed by atoms with Gasteiger partial charge in [-0.15, -0.1) is 0 Å². The summed E-state index contributed by atoms with van der Waals surface area (Å²) in [5.74, 6) is 0.245. The summed E-state index contributed by atoms with van der Waals surface area (Å²) < 4.78 is 5.90. The molecular formula is C21H26N6O3. The molecule has 2 saturated heterocycles. The number of carbonyl (C=O) groups is 2. The zero-order chi connectivity index (χ0) is 20.9. The Morgan fingerprint density at radius 1 is 1.17 bits per heavy atom. The van der Waals surface area contributed by atoms with Crippen molar-refractivity contribution in [3.8, 4) is 11.3 Å². The summed E-state index contributed by atoms with van der Waals surface area (Å²) in [5, 5.41) is 0. The van der Waals surface area contributed by atoms with Gasteiger partial charge in [0.25, 0.3) is 0 Å². The number of anilines is 1. The minimum atomic E-state index is -0.322. The molecule has 0 spiro atoms. The number of likely N-dealkylation sites (tertiary alicyclic amines) is 1. The van der Waals surface area contributed by atoms with E-state index in [0.29, 0.717) is 32.7 Å². The molecule has 0 aromatic carbocycles. The molecule has 0 aliphatic carbocycles. The van der Waals surface area contributed by atoms with E-state index in [1.54, 1.807) is 22.2 Å². The van der Waals surface area contributed by atoms with E-state index in [4.69, 9.17) is 10.5 Å². The molecule has 4 rings (SSSR count). The van der Waals surface area contributed by atoms with Crippen LogP contribution < -0.4 is 5.73 Å². The molecule has 0 bridgehead atoms. The number of nitrogen functional groups attached to an aromatic ring is 1. The van der Waals surface area contributed by atoms with Crippen LogP contribution in [0.15, 0.2) is 30.6 Å². The lowest BCUT2D eigenvalue weighted by Gasteiger charge is -2.34. The molecule has 9 nitrogen and oxygen atoms in total. The van der Waals surface area contributed by atoms with Gasteiger partial charge in [-0.2, -0.15) is 0 Å². The Labute approximate surface area is 175 Å². The van der Waals surface area contributed by atoms with E-state index < -0.39 is 0 Å². The van der Waals surface area contributed by atoms with Crippen molar-refractivity contribution in [2.24, 2.45) is 0 Å². The summed E-state index contributed by atoms with van der Waals surface area (Å²) in [6.07, 6.45) is 6.37. The summed E-state index contributed by atoms with van der Waals surface area (Å²) in [6.45, 7) is 2.16. The van der Waals surface area contributed by atoms with Crippen molar-refractivity contribution < 1.29 is 14.3 Å². The highest BCUT2D eigenvalue weighted by Gasteiger charge is 2.28. The highest BCUT2D eigenvalue weighted by molar-refractivity contribution is 5.85. The van der Waals surface area contributed by atoms with Gasteiger partial charge in [0.15, 0.2) is 0 Å². The van der Waals surface area contributed by atoms with Gasteiger partial charge in [-0.05, 0) is 25.0 Å². The molecule has 1 atom stereocenters. The zero-order valence-corrected chi connectivity index (χ0v) is 16.9. The van der Waals surface area contributed by atoms with Crippen LogP contribution in [0.3, 0.4) is 0 Å². The van der Waals surface area contributed by atoms with Gasteiger partial charge >= 0.3 is 0 Å². The van der Waals surface area contributed by atoms with Gasteiger partial charge in [-0.1, -0.05) is 12.5 Å². The van der Waals surface area contributed by atoms with Crippen molar-refractivity contribution in [1.82, 2.24) is 24.8 Å². The standard InChI is InChI=1S/C21H26N6O3/c22-21-23-11-15(12-24-21)16-5-4-6-17(25-16)18-13-27(9-10-30-18)20(29)14-26-8-3-1-2-7-19(26)28/h4-6,11-12,18H,1-3,7-10,13-14H2,(H2,22,23,24)/t18-/m1/s1. The molecule has 0 unspecified atom stereocenters. The second-order valence-corrected chi connectivity index (χ2v) is 7.60. The zero-order valence-electron chi connectivity index (χ0n) is 16.9. The van der Waals surface area contributed by atoms with Crippen LogP contribution in [-0.4, -0.2) is 69.4 Å². The molecule has 2 aliphatic heterocycles. The largest absolute Gasteiger partial charge is 0.368 e. The van der Waals surface area contributed by atoms with Crippen molar-refractivity contribution >= 4 is 17.8 Å². The third-order valence-electron chi connectivity index (χ3n) is 5.48. The summed E-state index contributed by atoms with van der Waals surface area (Å²) in [6, 6.07) is 5.65. The van der Waals surface area contributed by atoms with Gasteiger partial charge in [0, 0.05) is 37.5 Å². The number of hydrogen-bond acceptors (Lipinski definition) is 7. The SMILES string of the molecule is Nc1ncc(-c2cccc([C@H]3CN(C(=O)CN4CCCCCC4=O)CCO3)n2)cn1. The highest BCUT2D eigenvalue weighted by Crippen LogP contribution is 2.24. The minimum absolute atomic E-state index is 0.0401. The summed E-state index contributed by atoms with van der Waals surface area (Å²) in [7, 11) is 0. The Morgan fingerprint density at radius 3 is 2.83 bits per heavy atom. The Bertz CT molecular complexity index is 904. The van der Waals surface area contributed by atoms with E-state index >= 15 is 0 Å². The maximum Gasteiger partial charge on any atom is 0.242 e. The fraction of sp³-hybridized carbons (Fsp3) is 0.476. The summed E-state index contributed by atoms with van der Waals surface area (Å²) in [4.78, 5) is 41.2. The predicted molar refractivity (Wildman–Crippen MR) is 110 cm³/mol. The number of hydrogen-bond donors (Lipinski definition) is 1. The van der Waals surface area contributed by atoms with E-state index in [0.717, 1.165) is 36.2 Å². The molecule has 2 fully saturated rings. The molecular weight excluding hydrogens is 384 g/mol. The lowest BCUT2D eigenvalue weighted by Crippen LogP contribution is -2.47. The molecule has 30 heavy (non-hydrogen) atoms. The second-order valence-electron chi connectivity index (χ2n) is 7.60. The van der Waals surface area contributed by atoms with Gasteiger partial charge in [0.2, 0.25) is 17.8 Å². The Hall–Kier alpha value is -3.07. The van der Waals surface area contributed by atoms with Crippen molar-refractivity contribution in [2.75, 3.05) is 38.5 Å². The Balaban J connectivity index is 1.43. The van der Waals surface area contributed by atoms with Crippen molar-refractivity contribution in [2.45, 2.75) is 31.8 Å². The number of nitrogens with zero attached hydrogens (tertiary/aromatic N) is 5. The number of morpholine rings is 1. The number of nitrogens with two attached hydrogens (primary N) is 1. The Kier molecular flexibility index (Phi) is 6.18. The molecule has 0 saturated carbocycles. The third-order valence-corrected chi connectivity index (χ3v) is 5.48. The Morgan fingerprint density at radius 2 is 2.00 bits per heavy atom. The molecule has 0 radical (unpaired) electrons. The van der Waals surface area contributed by atoms with Crippen LogP contribution in [-0.2, 0) is 14.3 Å². The molecule has 2 amide bonds.